The molecule has 3 N–H and O–H groups in total. The molecule has 5 unspecified atom stereocenters. The second kappa shape index (κ2) is 74.5. The van der Waals surface area contributed by atoms with E-state index in [1.165, 1.54) is 19.3 Å². The smallest absolute Gasteiger partial charge is 0.462 e. The summed E-state index contributed by atoms with van der Waals surface area (Å²) in [6.07, 6.45) is 82.8. The van der Waals surface area contributed by atoms with Crippen molar-refractivity contribution in [2.75, 3.05) is 39.6 Å². The number of carbonyl (C=O) groups excluding carboxylic acids is 4. The Hall–Kier alpha value is -4.80. The number of unbranched alkanes of at least 4 members (excludes halogenated alkanes) is 25. The molecule has 0 spiro atoms. The van der Waals surface area contributed by atoms with Crippen LogP contribution in [-0.4, -0.2) is 96.7 Å². The Labute approximate surface area is 618 Å². The molecule has 17 nitrogen and oxygen atoms in total. The molecule has 0 radical (unpaired) electrons. The third-order valence-electron chi connectivity index (χ3n) is 16.1. The van der Waals surface area contributed by atoms with Gasteiger partial charge < -0.3 is 33.8 Å². The topological polar surface area (TPSA) is 237 Å². The number of aliphatic hydroxyl groups excluding tert-OH is 1. The maximum Gasteiger partial charge on any atom is 0.472 e. The van der Waals surface area contributed by atoms with Crippen LogP contribution in [0.2, 0.25) is 0 Å². The fourth-order valence-corrected chi connectivity index (χ4v) is 11.7. The van der Waals surface area contributed by atoms with Crippen molar-refractivity contribution >= 4 is 39.5 Å². The van der Waals surface area contributed by atoms with Crippen molar-refractivity contribution in [3.8, 4) is 0 Å². The summed E-state index contributed by atoms with van der Waals surface area (Å²) in [6.45, 7) is 4.50. The molecule has 0 aliphatic rings. The molecule has 0 rings (SSSR count). The first-order valence-corrected chi connectivity index (χ1v) is 42.4. The third kappa shape index (κ3) is 73.5. The van der Waals surface area contributed by atoms with Gasteiger partial charge in [-0.3, -0.25) is 37.3 Å². The number of allylic oxidation sites excluding steroid dienone is 22. The van der Waals surface area contributed by atoms with Gasteiger partial charge in [0.25, 0.3) is 0 Å². The summed E-state index contributed by atoms with van der Waals surface area (Å²) in [5.41, 5.74) is 0. The average molecular weight is 1470 g/mol. The van der Waals surface area contributed by atoms with E-state index in [9.17, 15) is 43.2 Å². The molecule has 5 atom stereocenters. The van der Waals surface area contributed by atoms with Gasteiger partial charge in [0.05, 0.1) is 26.4 Å². The Morgan fingerprint density at radius 1 is 0.284 bits per heavy atom. The van der Waals surface area contributed by atoms with E-state index in [2.05, 4.69) is 161 Å². The van der Waals surface area contributed by atoms with E-state index in [0.717, 1.165) is 212 Å². The summed E-state index contributed by atoms with van der Waals surface area (Å²) >= 11 is 0. The predicted octanol–water partition coefficient (Wildman–Crippen LogP) is 22.9. The Morgan fingerprint density at radius 2 is 0.529 bits per heavy atom. The lowest BCUT2D eigenvalue weighted by Crippen LogP contribution is -2.30. The van der Waals surface area contributed by atoms with Gasteiger partial charge in [-0.25, -0.2) is 9.13 Å². The number of hydrogen-bond acceptors (Lipinski definition) is 15. The largest absolute Gasteiger partial charge is 0.472 e. The fourth-order valence-electron chi connectivity index (χ4n) is 10.1. The molecule has 0 fully saturated rings. The van der Waals surface area contributed by atoms with E-state index < -0.39 is 97.5 Å². The van der Waals surface area contributed by atoms with Crippen molar-refractivity contribution in [1.29, 1.82) is 0 Å². The molecule has 19 heteroatoms. The zero-order valence-corrected chi connectivity index (χ0v) is 65.5. The maximum absolute atomic E-state index is 13.1. The first kappa shape index (κ1) is 97.2. The van der Waals surface area contributed by atoms with Crippen LogP contribution in [0.25, 0.3) is 0 Å². The van der Waals surface area contributed by atoms with Gasteiger partial charge in [0.1, 0.15) is 19.3 Å². The highest BCUT2D eigenvalue weighted by molar-refractivity contribution is 7.47. The molecular formula is C83H140O17P2. The van der Waals surface area contributed by atoms with Gasteiger partial charge in [0.2, 0.25) is 0 Å². The minimum Gasteiger partial charge on any atom is -0.462 e. The standard InChI is InChI=1S/C83H140O17P2/c1-5-9-13-17-21-25-29-33-36-37-38-39-42-45-48-52-56-60-64-68-81(86)94-74-79(100-83(88)70-66-62-58-54-50-46-41-35-31-27-23-19-15-11-7-3)76-98-102(91,92)96-72-77(84)71-95-101(89,90)97-75-78(99-82(87)69-65-61-57-53-49-43-32-28-24-20-16-12-8-4)73-93-80(85)67-63-59-55-51-47-44-40-34-30-26-22-18-14-10-6-2/h9-10,13-14,16,20-23,25-28,32-36,38-41,77-79,84H,5-8,11-12,15,17-19,24,29-31,37,42-76H2,1-4H3,(H,89,90)(H,91,92)/b13-9-,14-10-,20-16-,25-21-,26-22-,27-23-,32-28-,36-33-,39-38-,40-34-,41-35-. The first-order chi connectivity index (χ1) is 49.7. The van der Waals surface area contributed by atoms with E-state index in [1.54, 1.807) is 0 Å². The van der Waals surface area contributed by atoms with Crippen LogP contribution in [0, 0.1) is 0 Å². The van der Waals surface area contributed by atoms with Crippen LogP contribution in [0.5, 0.6) is 0 Å². The van der Waals surface area contributed by atoms with Crippen molar-refractivity contribution in [1.82, 2.24) is 0 Å². The average Bonchev–Trinajstić information content (AvgIpc) is 0.924. The first-order valence-electron chi connectivity index (χ1n) is 39.4. The van der Waals surface area contributed by atoms with E-state index in [1.807, 2.05) is 0 Å². The van der Waals surface area contributed by atoms with Crippen molar-refractivity contribution in [3.63, 3.8) is 0 Å². The summed E-state index contributed by atoms with van der Waals surface area (Å²) in [5, 5.41) is 10.6. The molecule has 0 bridgehead atoms. The van der Waals surface area contributed by atoms with Crippen LogP contribution >= 0.6 is 15.6 Å². The summed E-state index contributed by atoms with van der Waals surface area (Å²) in [7, 11) is -9.98. The Kier molecular flexibility index (Phi) is 71.0. The molecule has 584 valence electrons. The molecule has 0 aromatic heterocycles. The van der Waals surface area contributed by atoms with Crippen LogP contribution in [0.1, 0.15) is 310 Å². The number of phosphoric acid groups is 2. The highest BCUT2D eigenvalue weighted by Gasteiger charge is 2.30. The van der Waals surface area contributed by atoms with Gasteiger partial charge in [-0.15, -0.1) is 0 Å². The second-order valence-corrected chi connectivity index (χ2v) is 28.8. The number of aliphatic hydroxyl groups is 1. The summed E-state index contributed by atoms with van der Waals surface area (Å²) in [5.74, 6) is -2.24. The molecule has 0 aliphatic carbocycles. The number of ether oxygens (including phenoxy) is 4. The van der Waals surface area contributed by atoms with Crippen LogP contribution < -0.4 is 0 Å². The minimum absolute atomic E-state index is 0.0717. The lowest BCUT2D eigenvalue weighted by molar-refractivity contribution is -0.161. The molecule has 102 heavy (non-hydrogen) atoms. The Balaban J connectivity index is 5.39. The zero-order valence-electron chi connectivity index (χ0n) is 63.7. The Bertz CT molecular complexity index is 2460. The van der Waals surface area contributed by atoms with Crippen LogP contribution in [-0.2, 0) is 65.4 Å². The third-order valence-corrected chi connectivity index (χ3v) is 18.0. The minimum atomic E-state index is -4.99. The quantitative estimate of drug-likeness (QED) is 0.0169. The monoisotopic (exact) mass is 1470 g/mol. The van der Waals surface area contributed by atoms with E-state index in [4.69, 9.17) is 37.0 Å². The molecule has 0 saturated heterocycles. The maximum atomic E-state index is 13.1. The van der Waals surface area contributed by atoms with E-state index in [0.29, 0.717) is 25.7 Å². The number of esters is 4. The van der Waals surface area contributed by atoms with Gasteiger partial charge in [-0.2, -0.15) is 0 Å². The lowest BCUT2D eigenvalue weighted by Gasteiger charge is -2.21. The van der Waals surface area contributed by atoms with Crippen LogP contribution in [0.3, 0.4) is 0 Å². The normalized spacial score (nSPS) is 14.6. The van der Waals surface area contributed by atoms with E-state index in [-0.39, 0.29) is 25.7 Å². The SMILES string of the molecule is CC/C=C\C/C=C\C/C=C\C/C=C\CCCCCCCCC(=O)OCC(COP(=O)(O)OCC(O)COP(=O)(O)OCC(COC(=O)CCCCCCC/C=C\C/C=C\C/C=C\CC)OC(=O)CCCCCCC/C=C\C/C=C\CCC)OC(=O)CCCCCCC/C=C\C/C=C\CCCCC. The van der Waals surface area contributed by atoms with Crippen molar-refractivity contribution in [3.05, 3.63) is 134 Å². The summed E-state index contributed by atoms with van der Waals surface area (Å²) < 4.78 is 68.5. The molecule has 0 aromatic rings. The number of hydrogen-bond donors (Lipinski definition) is 3. The van der Waals surface area contributed by atoms with Crippen LogP contribution in [0.4, 0.5) is 0 Å². The second-order valence-electron chi connectivity index (χ2n) is 25.9. The van der Waals surface area contributed by atoms with Crippen LogP contribution in [0.15, 0.2) is 134 Å². The number of rotatable bonds is 73. The van der Waals surface area contributed by atoms with Gasteiger partial charge in [-0.1, -0.05) is 264 Å². The highest BCUT2D eigenvalue weighted by Crippen LogP contribution is 2.45. The fraction of sp³-hybridized carbons (Fsp3) is 0.687. The summed E-state index contributed by atoms with van der Waals surface area (Å²) in [6, 6.07) is 0. The zero-order chi connectivity index (χ0) is 74.6. The molecule has 0 aliphatic heterocycles. The predicted molar refractivity (Wildman–Crippen MR) is 418 cm³/mol. The van der Waals surface area contributed by atoms with Crippen molar-refractivity contribution < 1.29 is 80.2 Å². The number of carbonyl (C=O) groups is 4. The molecule has 0 saturated carbocycles. The van der Waals surface area contributed by atoms with E-state index >= 15 is 0 Å². The van der Waals surface area contributed by atoms with Crippen molar-refractivity contribution in [2.45, 2.75) is 329 Å². The summed E-state index contributed by atoms with van der Waals surface area (Å²) in [4.78, 5) is 73.0. The molecular weight excluding hydrogens is 1330 g/mol. The van der Waals surface area contributed by atoms with Gasteiger partial charge in [0.15, 0.2) is 12.2 Å². The molecule has 0 amide bonds. The lowest BCUT2D eigenvalue weighted by atomic mass is 10.1. The Morgan fingerprint density at radius 3 is 0.824 bits per heavy atom. The van der Waals surface area contributed by atoms with Gasteiger partial charge >= 0.3 is 39.5 Å². The number of phosphoric ester groups is 2. The molecule has 0 heterocycles. The van der Waals surface area contributed by atoms with Gasteiger partial charge in [0, 0.05) is 25.7 Å². The highest BCUT2D eigenvalue weighted by atomic mass is 31.2. The van der Waals surface area contributed by atoms with Gasteiger partial charge in [-0.05, 0) is 154 Å². The molecule has 0 aromatic carbocycles. The van der Waals surface area contributed by atoms with Crippen molar-refractivity contribution in [2.24, 2.45) is 0 Å².